The van der Waals surface area contributed by atoms with Gasteiger partial charge < -0.3 is 15.0 Å². The van der Waals surface area contributed by atoms with Crippen molar-refractivity contribution in [3.05, 3.63) is 0 Å². The molecule has 4 nitrogen and oxygen atoms in total. The molecule has 1 saturated heterocycles. The highest BCUT2D eigenvalue weighted by Gasteiger charge is 2.13. The number of hydrogen-bond acceptors (Lipinski definition) is 4. The lowest BCUT2D eigenvalue weighted by Crippen LogP contribution is -2.37. The lowest BCUT2D eigenvalue weighted by Gasteiger charge is -2.26. The standard InChI is InChI=1S/C14H31N3O/c1-4-9-17(11-10-16(2)3)12-13-18-14-5-7-15-8-6-14/h14-15H,4-13H2,1-3H3. The summed E-state index contributed by atoms with van der Waals surface area (Å²) in [6, 6.07) is 0. The van der Waals surface area contributed by atoms with Crippen LogP contribution in [0.1, 0.15) is 26.2 Å². The SMILES string of the molecule is CCCN(CCOC1CCNCC1)CCN(C)C. The van der Waals surface area contributed by atoms with Crippen LogP contribution in [-0.2, 0) is 4.74 Å². The normalized spacial score (nSPS) is 17.8. The fourth-order valence-electron chi connectivity index (χ4n) is 2.30. The largest absolute Gasteiger partial charge is 0.377 e. The van der Waals surface area contributed by atoms with Gasteiger partial charge in [-0.3, -0.25) is 4.90 Å². The van der Waals surface area contributed by atoms with E-state index in [0.717, 1.165) is 39.3 Å². The van der Waals surface area contributed by atoms with Gasteiger partial charge in [0.15, 0.2) is 0 Å². The highest BCUT2D eigenvalue weighted by molar-refractivity contribution is 4.68. The predicted molar refractivity (Wildman–Crippen MR) is 77.1 cm³/mol. The van der Waals surface area contributed by atoms with Crippen molar-refractivity contribution < 1.29 is 4.74 Å². The average molecular weight is 257 g/mol. The summed E-state index contributed by atoms with van der Waals surface area (Å²) in [6.07, 6.45) is 4.06. The average Bonchev–Trinajstić information content (AvgIpc) is 2.37. The van der Waals surface area contributed by atoms with Gasteiger partial charge in [-0.05, 0) is 53.0 Å². The highest BCUT2D eigenvalue weighted by Crippen LogP contribution is 2.07. The molecule has 0 radical (unpaired) electrons. The maximum Gasteiger partial charge on any atom is 0.0600 e. The van der Waals surface area contributed by atoms with Crippen LogP contribution in [0.4, 0.5) is 0 Å². The maximum atomic E-state index is 5.97. The first kappa shape index (κ1) is 15.9. The Kier molecular flexibility index (Phi) is 8.59. The van der Waals surface area contributed by atoms with Gasteiger partial charge in [-0.25, -0.2) is 0 Å². The first-order valence-corrected chi connectivity index (χ1v) is 7.41. The van der Waals surface area contributed by atoms with E-state index in [1.165, 1.54) is 25.8 Å². The fraction of sp³-hybridized carbons (Fsp3) is 1.00. The highest BCUT2D eigenvalue weighted by atomic mass is 16.5. The molecule has 1 fully saturated rings. The third kappa shape index (κ3) is 7.31. The van der Waals surface area contributed by atoms with Crippen molar-refractivity contribution in [1.29, 1.82) is 0 Å². The van der Waals surface area contributed by atoms with Crippen molar-refractivity contribution in [1.82, 2.24) is 15.1 Å². The first-order valence-electron chi connectivity index (χ1n) is 7.41. The molecular formula is C14H31N3O. The fourth-order valence-corrected chi connectivity index (χ4v) is 2.30. The van der Waals surface area contributed by atoms with E-state index >= 15 is 0 Å². The molecule has 1 aliphatic heterocycles. The Bertz CT molecular complexity index is 193. The topological polar surface area (TPSA) is 27.7 Å². The molecule has 18 heavy (non-hydrogen) atoms. The molecule has 0 aliphatic carbocycles. The molecule has 1 aliphatic rings. The van der Waals surface area contributed by atoms with Crippen molar-refractivity contribution in [2.24, 2.45) is 0 Å². The van der Waals surface area contributed by atoms with Gasteiger partial charge in [0.05, 0.1) is 12.7 Å². The third-order valence-electron chi connectivity index (χ3n) is 3.45. The quantitative estimate of drug-likeness (QED) is 0.668. The minimum atomic E-state index is 0.489. The van der Waals surface area contributed by atoms with Crippen LogP contribution in [0.2, 0.25) is 0 Å². The molecule has 1 heterocycles. The molecule has 1 N–H and O–H groups in total. The van der Waals surface area contributed by atoms with Crippen molar-refractivity contribution in [2.45, 2.75) is 32.3 Å². The summed E-state index contributed by atoms with van der Waals surface area (Å²) < 4.78 is 5.97. The molecule has 0 aromatic rings. The van der Waals surface area contributed by atoms with Crippen molar-refractivity contribution >= 4 is 0 Å². The second kappa shape index (κ2) is 9.73. The van der Waals surface area contributed by atoms with Gasteiger partial charge >= 0.3 is 0 Å². The van der Waals surface area contributed by atoms with Gasteiger partial charge in [-0.1, -0.05) is 6.92 Å². The van der Waals surface area contributed by atoms with Gasteiger partial charge in [0, 0.05) is 19.6 Å². The van der Waals surface area contributed by atoms with Crippen LogP contribution < -0.4 is 5.32 Å². The van der Waals surface area contributed by atoms with Crippen LogP contribution in [0.15, 0.2) is 0 Å². The van der Waals surface area contributed by atoms with Crippen LogP contribution in [0.5, 0.6) is 0 Å². The summed E-state index contributed by atoms with van der Waals surface area (Å²) in [5.74, 6) is 0. The minimum absolute atomic E-state index is 0.489. The summed E-state index contributed by atoms with van der Waals surface area (Å²) in [5.41, 5.74) is 0. The first-order chi connectivity index (χ1) is 8.72. The molecule has 108 valence electrons. The summed E-state index contributed by atoms with van der Waals surface area (Å²) in [5, 5.41) is 3.37. The summed E-state index contributed by atoms with van der Waals surface area (Å²) in [7, 11) is 4.27. The summed E-state index contributed by atoms with van der Waals surface area (Å²) >= 11 is 0. The van der Waals surface area contributed by atoms with E-state index in [1.54, 1.807) is 0 Å². The molecular weight excluding hydrogens is 226 g/mol. The third-order valence-corrected chi connectivity index (χ3v) is 3.45. The lowest BCUT2D eigenvalue weighted by molar-refractivity contribution is 0.0195. The van der Waals surface area contributed by atoms with Crippen LogP contribution in [0.25, 0.3) is 0 Å². The van der Waals surface area contributed by atoms with Crippen LogP contribution in [0, 0.1) is 0 Å². The van der Waals surface area contributed by atoms with Gasteiger partial charge in [-0.2, -0.15) is 0 Å². The monoisotopic (exact) mass is 257 g/mol. The number of nitrogens with one attached hydrogen (secondary N) is 1. The van der Waals surface area contributed by atoms with E-state index in [4.69, 9.17) is 4.74 Å². The zero-order valence-electron chi connectivity index (χ0n) is 12.5. The Balaban J connectivity index is 2.11. The van der Waals surface area contributed by atoms with Crippen LogP contribution >= 0.6 is 0 Å². The molecule has 0 aromatic carbocycles. The molecule has 0 saturated carbocycles. The molecule has 0 unspecified atom stereocenters. The van der Waals surface area contributed by atoms with E-state index in [0.29, 0.717) is 6.10 Å². The Morgan fingerprint density at radius 3 is 2.39 bits per heavy atom. The minimum Gasteiger partial charge on any atom is -0.377 e. The zero-order valence-corrected chi connectivity index (χ0v) is 12.5. The van der Waals surface area contributed by atoms with Crippen LogP contribution in [-0.4, -0.2) is 75.9 Å². The summed E-state index contributed by atoms with van der Waals surface area (Å²) in [4.78, 5) is 4.76. The Morgan fingerprint density at radius 2 is 1.78 bits per heavy atom. The van der Waals surface area contributed by atoms with Gasteiger partial charge in [0.2, 0.25) is 0 Å². The number of likely N-dealkylation sites (N-methyl/N-ethyl adjacent to an activating group) is 1. The Hall–Kier alpha value is -0.160. The Morgan fingerprint density at radius 1 is 1.06 bits per heavy atom. The number of piperidine rings is 1. The molecule has 0 amide bonds. The smallest absolute Gasteiger partial charge is 0.0600 e. The molecule has 4 heteroatoms. The van der Waals surface area contributed by atoms with E-state index in [2.05, 4.69) is 36.1 Å². The zero-order chi connectivity index (χ0) is 13.2. The second-order valence-corrected chi connectivity index (χ2v) is 5.47. The number of hydrogen-bond donors (Lipinski definition) is 1. The molecule has 0 spiro atoms. The maximum absolute atomic E-state index is 5.97. The number of nitrogens with zero attached hydrogens (tertiary/aromatic N) is 2. The van der Waals surface area contributed by atoms with Crippen molar-refractivity contribution in [3.63, 3.8) is 0 Å². The molecule has 1 rings (SSSR count). The number of rotatable bonds is 9. The lowest BCUT2D eigenvalue weighted by atomic mass is 10.1. The predicted octanol–water partition coefficient (Wildman–Crippen LogP) is 1.03. The van der Waals surface area contributed by atoms with E-state index in [-0.39, 0.29) is 0 Å². The number of ether oxygens (including phenoxy) is 1. The van der Waals surface area contributed by atoms with E-state index < -0.39 is 0 Å². The Labute approximate surface area is 113 Å². The van der Waals surface area contributed by atoms with Crippen molar-refractivity contribution in [2.75, 3.05) is 60.0 Å². The molecule has 0 bridgehead atoms. The van der Waals surface area contributed by atoms with Gasteiger partial charge in [-0.15, -0.1) is 0 Å². The summed E-state index contributed by atoms with van der Waals surface area (Å²) in [6.45, 7) is 9.90. The molecule has 0 atom stereocenters. The van der Waals surface area contributed by atoms with Gasteiger partial charge in [0.25, 0.3) is 0 Å². The second-order valence-electron chi connectivity index (χ2n) is 5.47. The van der Waals surface area contributed by atoms with Crippen LogP contribution in [0.3, 0.4) is 0 Å². The van der Waals surface area contributed by atoms with E-state index in [1.807, 2.05) is 0 Å². The van der Waals surface area contributed by atoms with Gasteiger partial charge in [0.1, 0.15) is 0 Å². The van der Waals surface area contributed by atoms with Crippen molar-refractivity contribution in [3.8, 4) is 0 Å². The van der Waals surface area contributed by atoms with E-state index in [9.17, 15) is 0 Å². The molecule has 0 aromatic heterocycles.